The molecule has 1 rings (SSSR count). The fourth-order valence-electron chi connectivity index (χ4n) is 1.51. The zero-order chi connectivity index (χ0) is 12.8. The van der Waals surface area contributed by atoms with E-state index in [0.29, 0.717) is 31.2 Å². The number of carbonyl (C=O) groups is 1. The Morgan fingerprint density at radius 3 is 2.59 bits per heavy atom. The summed E-state index contributed by atoms with van der Waals surface area (Å²) in [5.41, 5.74) is 6.03. The number of carboxylic acid groups (broad SMARTS) is 1. The van der Waals surface area contributed by atoms with Crippen LogP contribution in [-0.2, 0) is 11.2 Å². The predicted octanol–water partition coefficient (Wildman–Crippen LogP) is 2.09. The molecule has 5 heteroatoms. The summed E-state index contributed by atoms with van der Waals surface area (Å²) in [5, 5.41) is 8.55. The second-order valence-corrected chi connectivity index (χ2v) is 3.94. The van der Waals surface area contributed by atoms with Gasteiger partial charge in [0.25, 0.3) is 0 Å². The van der Waals surface area contributed by atoms with E-state index in [2.05, 4.69) is 0 Å². The van der Waals surface area contributed by atoms with Gasteiger partial charge >= 0.3 is 5.97 Å². The quantitative estimate of drug-likeness (QED) is 0.752. The molecule has 94 valence electrons. The molecule has 0 bridgehead atoms. The van der Waals surface area contributed by atoms with Crippen LogP contribution in [-0.4, -0.2) is 17.1 Å². The van der Waals surface area contributed by atoms with Crippen LogP contribution >= 0.6 is 0 Å². The van der Waals surface area contributed by atoms with Gasteiger partial charge in [0.15, 0.2) is 11.6 Å². The number of nitrogens with two attached hydrogens (primary N) is 1. The average Bonchev–Trinajstić information content (AvgIpc) is 2.28. The maximum absolute atomic E-state index is 12.8. The Bertz CT molecular complexity index is 396. The second-order valence-electron chi connectivity index (χ2n) is 3.94. The molecule has 1 aromatic carbocycles. The van der Waals surface area contributed by atoms with Crippen molar-refractivity contribution in [3.8, 4) is 0 Å². The summed E-state index contributed by atoms with van der Waals surface area (Å²) in [6, 6.07) is 2.93. The van der Waals surface area contributed by atoms with Crippen LogP contribution in [0.1, 0.15) is 24.8 Å². The summed E-state index contributed by atoms with van der Waals surface area (Å²) in [5.74, 6) is -2.73. The Morgan fingerprint density at radius 2 is 2.00 bits per heavy atom. The molecule has 0 saturated carbocycles. The fraction of sp³-hybridized carbons (Fsp3) is 0.417. The molecule has 3 N–H and O–H groups in total. The smallest absolute Gasteiger partial charge is 0.320 e. The molecule has 0 aliphatic heterocycles. The van der Waals surface area contributed by atoms with Gasteiger partial charge in [-0.15, -0.1) is 0 Å². The first-order valence-corrected chi connectivity index (χ1v) is 5.43. The maximum Gasteiger partial charge on any atom is 0.320 e. The number of aryl methyl sites for hydroxylation is 1. The topological polar surface area (TPSA) is 63.3 Å². The minimum Gasteiger partial charge on any atom is -0.480 e. The third kappa shape index (κ3) is 4.48. The van der Waals surface area contributed by atoms with Crippen molar-refractivity contribution in [1.29, 1.82) is 0 Å². The summed E-state index contributed by atoms with van der Waals surface area (Å²) >= 11 is 0. The highest BCUT2D eigenvalue weighted by Crippen LogP contribution is 2.12. The van der Waals surface area contributed by atoms with Crippen molar-refractivity contribution >= 4 is 5.97 Å². The lowest BCUT2D eigenvalue weighted by Gasteiger charge is -2.06. The van der Waals surface area contributed by atoms with Crippen molar-refractivity contribution in [2.24, 2.45) is 5.73 Å². The lowest BCUT2D eigenvalue weighted by molar-refractivity contribution is -0.138. The number of carboxylic acids is 1. The van der Waals surface area contributed by atoms with Gasteiger partial charge in [-0.2, -0.15) is 0 Å². The van der Waals surface area contributed by atoms with E-state index >= 15 is 0 Å². The van der Waals surface area contributed by atoms with E-state index in [9.17, 15) is 13.6 Å². The summed E-state index contributed by atoms with van der Waals surface area (Å²) in [4.78, 5) is 10.4. The number of hydrogen-bond donors (Lipinski definition) is 2. The standard InChI is InChI=1S/C12H15F2NO2/c13-9-6-5-8(7-10(9)14)3-1-2-4-11(15)12(16)17/h5-7,11H,1-4,15H2,(H,16,17). The lowest BCUT2D eigenvalue weighted by atomic mass is 10.0. The number of benzene rings is 1. The molecule has 1 unspecified atom stereocenters. The molecule has 0 fully saturated rings. The van der Waals surface area contributed by atoms with Gasteiger partial charge in [-0.05, 0) is 37.0 Å². The van der Waals surface area contributed by atoms with Crippen molar-refractivity contribution in [3.63, 3.8) is 0 Å². The Balaban J connectivity index is 2.31. The van der Waals surface area contributed by atoms with E-state index in [1.165, 1.54) is 6.07 Å². The van der Waals surface area contributed by atoms with Crippen molar-refractivity contribution in [3.05, 3.63) is 35.4 Å². The molecule has 0 saturated heterocycles. The van der Waals surface area contributed by atoms with E-state index in [-0.39, 0.29) is 0 Å². The first-order valence-electron chi connectivity index (χ1n) is 5.43. The molecule has 0 radical (unpaired) electrons. The lowest BCUT2D eigenvalue weighted by Crippen LogP contribution is -2.29. The van der Waals surface area contributed by atoms with Gasteiger partial charge in [0, 0.05) is 0 Å². The van der Waals surface area contributed by atoms with Crippen LogP contribution in [0.3, 0.4) is 0 Å². The Hall–Kier alpha value is -1.49. The van der Waals surface area contributed by atoms with Gasteiger partial charge in [-0.3, -0.25) is 4.79 Å². The summed E-state index contributed by atoms with van der Waals surface area (Å²) in [7, 11) is 0. The molecule has 1 aromatic rings. The van der Waals surface area contributed by atoms with Crippen molar-refractivity contribution in [2.75, 3.05) is 0 Å². The van der Waals surface area contributed by atoms with E-state index in [1.54, 1.807) is 0 Å². The van der Waals surface area contributed by atoms with E-state index < -0.39 is 23.6 Å². The monoisotopic (exact) mass is 243 g/mol. The number of halogens is 2. The molecule has 0 heterocycles. The molecule has 0 amide bonds. The van der Waals surface area contributed by atoms with E-state index in [4.69, 9.17) is 10.8 Å². The van der Waals surface area contributed by atoms with Crippen molar-refractivity contribution < 1.29 is 18.7 Å². The number of aliphatic carboxylic acids is 1. The van der Waals surface area contributed by atoms with Gasteiger partial charge in [-0.1, -0.05) is 12.5 Å². The molecular formula is C12H15F2NO2. The first kappa shape index (κ1) is 13.6. The van der Waals surface area contributed by atoms with Crippen LogP contribution in [0, 0.1) is 11.6 Å². The van der Waals surface area contributed by atoms with Gasteiger partial charge in [0.1, 0.15) is 6.04 Å². The Kier molecular flexibility index (Phi) is 5.03. The fourth-order valence-corrected chi connectivity index (χ4v) is 1.51. The third-order valence-electron chi connectivity index (χ3n) is 2.53. The minimum absolute atomic E-state index is 0.388. The van der Waals surface area contributed by atoms with E-state index in [0.717, 1.165) is 12.1 Å². The van der Waals surface area contributed by atoms with Gasteiger partial charge in [-0.25, -0.2) is 8.78 Å². The number of hydrogen-bond acceptors (Lipinski definition) is 2. The van der Waals surface area contributed by atoms with Crippen LogP contribution in [0.5, 0.6) is 0 Å². The molecule has 0 aliphatic carbocycles. The number of rotatable bonds is 6. The van der Waals surface area contributed by atoms with Crippen LogP contribution in [0.25, 0.3) is 0 Å². The van der Waals surface area contributed by atoms with Crippen molar-refractivity contribution in [1.82, 2.24) is 0 Å². The molecular weight excluding hydrogens is 228 g/mol. The average molecular weight is 243 g/mol. The Labute approximate surface area is 98.2 Å². The van der Waals surface area contributed by atoms with Crippen LogP contribution < -0.4 is 5.73 Å². The molecule has 0 spiro atoms. The zero-order valence-corrected chi connectivity index (χ0v) is 9.33. The van der Waals surface area contributed by atoms with Crippen molar-refractivity contribution in [2.45, 2.75) is 31.7 Å². The molecule has 0 aliphatic rings. The Morgan fingerprint density at radius 1 is 1.29 bits per heavy atom. The predicted molar refractivity (Wildman–Crippen MR) is 59.5 cm³/mol. The third-order valence-corrected chi connectivity index (χ3v) is 2.53. The SMILES string of the molecule is NC(CCCCc1ccc(F)c(F)c1)C(=O)O. The number of unbranched alkanes of at least 4 members (excludes halogenated alkanes) is 1. The molecule has 3 nitrogen and oxygen atoms in total. The van der Waals surface area contributed by atoms with Gasteiger partial charge in [0.2, 0.25) is 0 Å². The van der Waals surface area contributed by atoms with E-state index in [1.807, 2.05) is 0 Å². The summed E-state index contributed by atoms with van der Waals surface area (Å²) in [6.45, 7) is 0. The van der Waals surface area contributed by atoms with Gasteiger partial charge < -0.3 is 10.8 Å². The molecule has 1 atom stereocenters. The first-order chi connectivity index (χ1) is 8.00. The molecule has 17 heavy (non-hydrogen) atoms. The highest BCUT2D eigenvalue weighted by Gasteiger charge is 2.10. The van der Waals surface area contributed by atoms with Crippen LogP contribution in [0.15, 0.2) is 18.2 Å². The minimum atomic E-state index is -1.02. The molecule has 0 aromatic heterocycles. The summed E-state index contributed by atoms with van der Waals surface area (Å²) < 4.78 is 25.5. The normalized spacial score (nSPS) is 12.4. The highest BCUT2D eigenvalue weighted by atomic mass is 19.2. The maximum atomic E-state index is 12.8. The second kappa shape index (κ2) is 6.30. The van der Waals surface area contributed by atoms with Crippen LogP contribution in [0.2, 0.25) is 0 Å². The highest BCUT2D eigenvalue weighted by molar-refractivity contribution is 5.72. The van der Waals surface area contributed by atoms with Crippen LogP contribution in [0.4, 0.5) is 8.78 Å². The summed E-state index contributed by atoms with van der Waals surface area (Å²) in [6.07, 6.45) is 2.32. The zero-order valence-electron chi connectivity index (χ0n) is 9.33. The van der Waals surface area contributed by atoms with Gasteiger partial charge in [0.05, 0.1) is 0 Å². The largest absolute Gasteiger partial charge is 0.480 e.